The molecule has 0 aliphatic carbocycles. The van der Waals surface area contributed by atoms with Gasteiger partial charge in [0.1, 0.15) is 0 Å². The van der Waals surface area contributed by atoms with Crippen LogP contribution in [0.25, 0.3) is 11.3 Å². The van der Waals surface area contributed by atoms with Crippen LogP contribution in [0, 0.1) is 13.8 Å². The van der Waals surface area contributed by atoms with E-state index in [0.717, 1.165) is 23.8 Å². The van der Waals surface area contributed by atoms with E-state index in [9.17, 15) is 0 Å². The van der Waals surface area contributed by atoms with E-state index in [2.05, 4.69) is 65.9 Å². The summed E-state index contributed by atoms with van der Waals surface area (Å²) in [5.41, 5.74) is 6.39. The minimum absolute atomic E-state index is 0.977. The second-order valence-corrected chi connectivity index (χ2v) is 8.49. The molecule has 0 atom stereocenters. The third-order valence-corrected chi connectivity index (χ3v) is 6.76. The molecule has 1 aliphatic rings. The highest BCUT2D eigenvalue weighted by molar-refractivity contribution is 8.00. The SMILES string of the molecule is CNc1nc(-c2ccc3c(c2)CCN3Sc2ccccc2C)c(C)s1. The van der Waals surface area contributed by atoms with Crippen molar-refractivity contribution in [2.75, 3.05) is 23.2 Å². The van der Waals surface area contributed by atoms with E-state index in [1.807, 2.05) is 19.0 Å². The van der Waals surface area contributed by atoms with Crippen LogP contribution in [0.3, 0.4) is 0 Å². The van der Waals surface area contributed by atoms with Crippen molar-refractivity contribution in [3.63, 3.8) is 0 Å². The summed E-state index contributed by atoms with van der Waals surface area (Å²) < 4.78 is 2.41. The lowest BCUT2D eigenvalue weighted by Crippen LogP contribution is -2.10. The van der Waals surface area contributed by atoms with Crippen LogP contribution in [0.4, 0.5) is 10.8 Å². The molecule has 2 heterocycles. The Morgan fingerprint density at radius 2 is 2.00 bits per heavy atom. The molecule has 0 bridgehead atoms. The highest BCUT2D eigenvalue weighted by Gasteiger charge is 2.22. The lowest BCUT2D eigenvalue weighted by molar-refractivity contribution is 1.05. The Morgan fingerprint density at radius 1 is 1.16 bits per heavy atom. The fraction of sp³-hybridized carbons (Fsp3) is 0.250. The first-order chi connectivity index (χ1) is 12.2. The van der Waals surface area contributed by atoms with Crippen LogP contribution in [0.15, 0.2) is 47.4 Å². The van der Waals surface area contributed by atoms with Gasteiger partial charge in [0.05, 0.1) is 11.4 Å². The second-order valence-electron chi connectivity index (χ2n) is 6.23. The number of fused-ring (bicyclic) bond motifs is 1. The number of hydrogen-bond donors (Lipinski definition) is 1. The average Bonchev–Trinajstić information content (AvgIpc) is 3.20. The van der Waals surface area contributed by atoms with Crippen molar-refractivity contribution < 1.29 is 0 Å². The van der Waals surface area contributed by atoms with Gasteiger partial charge in [-0.1, -0.05) is 24.3 Å². The van der Waals surface area contributed by atoms with Gasteiger partial charge in [0.2, 0.25) is 0 Å². The third-order valence-electron chi connectivity index (χ3n) is 4.52. The lowest BCUT2D eigenvalue weighted by Gasteiger charge is -2.19. The van der Waals surface area contributed by atoms with Crippen molar-refractivity contribution in [3.8, 4) is 11.3 Å². The smallest absolute Gasteiger partial charge is 0.183 e. The first-order valence-electron chi connectivity index (χ1n) is 8.45. The Balaban J connectivity index is 1.62. The number of hydrogen-bond acceptors (Lipinski definition) is 5. The summed E-state index contributed by atoms with van der Waals surface area (Å²) in [6.07, 6.45) is 1.09. The van der Waals surface area contributed by atoms with Crippen LogP contribution in [-0.2, 0) is 6.42 Å². The molecule has 0 spiro atoms. The highest BCUT2D eigenvalue weighted by Crippen LogP contribution is 2.40. The van der Waals surface area contributed by atoms with Gasteiger partial charge in [-0.15, -0.1) is 11.3 Å². The summed E-state index contributed by atoms with van der Waals surface area (Å²) in [6, 6.07) is 15.4. The molecule has 2 aromatic carbocycles. The maximum Gasteiger partial charge on any atom is 0.183 e. The molecule has 0 radical (unpaired) electrons. The largest absolute Gasteiger partial charge is 0.365 e. The van der Waals surface area contributed by atoms with Gasteiger partial charge in [0.25, 0.3) is 0 Å². The van der Waals surface area contributed by atoms with E-state index in [-0.39, 0.29) is 0 Å². The van der Waals surface area contributed by atoms with Gasteiger partial charge in [-0.25, -0.2) is 4.98 Å². The number of nitrogens with one attached hydrogen (secondary N) is 1. The highest BCUT2D eigenvalue weighted by atomic mass is 32.2. The predicted molar refractivity (Wildman–Crippen MR) is 110 cm³/mol. The zero-order valence-corrected chi connectivity index (χ0v) is 16.3. The molecule has 0 amide bonds. The quantitative estimate of drug-likeness (QED) is 0.613. The van der Waals surface area contributed by atoms with E-state index in [1.54, 1.807) is 11.3 Å². The van der Waals surface area contributed by atoms with Gasteiger partial charge in [-0.2, -0.15) is 0 Å². The Morgan fingerprint density at radius 3 is 2.76 bits per heavy atom. The molecule has 1 aliphatic heterocycles. The van der Waals surface area contributed by atoms with Crippen LogP contribution >= 0.6 is 23.3 Å². The van der Waals surface area contributed by atoms with Crippen molar-refractivity contribution >= 4 is 34.1 Å². The molecular weight excluding hydrogens is 346 g/mol. The van der Waals surface area contributed by atoms with Gasteiger partial charge in [-0.3, -0.25) is 0 Å². The number of benzene rings is 2. The Hall–Kier alpha value is -1.98. The minimum atomic E-state index is 0.977. The van der Waals surface area contributed by atoms with Gasteiger partial charge >= 0.3 is 0 Å². The molecule has 1 aromatic heterocycles. The first-order valence-corrected chi connectivity index (χ1v) is 10.0. The van der Waals surface area contributed by atoms with E-state index >= 15 is 0 Å². The van der Waals surface area contributed by atoms with Crippen LogP contribution in [0.2, 0.25) is 0 Å². The van der Waals surface area contributed by atoms with E-state index < -0.39 is 0 Å². The summed E-state index contributed by atoms with van der Waals surface area (Å²) in [4.78, 5) is 7.30. The third kappa shape index (κ3) is 3.14. The topological polar surface area (TPSA) is 28.2 Å². The fourth-order valence-corrected chi connectivity index (χ4v) is 5.00. The molecule has 3 nitrogen and oxygen atoms in total. The molecular formula is C20H21N3S2. The van der Waals surface area contributed by atoms with E-state index in [4.69, 9.17) is 4.98 Å². The van der Waals surface area contributed by atoms with Crippen molar-refractivity contribution in [1.82, 2.24) is 4.98 Å². The zero-order chi connectivity index (χ0) is 17.4. The molecule has 4 rings (SSSR count). The maximum atomic E-state index is 4.71. The van der Waals surface area contributed by atoms with Crippen LogP contribution in [0.5, 0.6) is 0 Å². The van der Waals surface area contributed by atoms with Crippen molar-refractivity contribution in [2.45, 2.75) is 25.2 Å². The normalized spacial score (nSPS) is 13.2. The molecule has 3 aromatic rings. The lowest BCUT2D eigenvalue weighted by atomic mass is 10.1. The summed E-state index contributed by atoms with van der Waals surface area (Å²) in [6.45, 7) is 5.36. The molecule has 128 valence electrons. The molecule has 0 fully saturated rings. The number of thiazole rings is 1. The number of anilines is 2. The van der Waals surface area contributed by atoms with Crippen LogP contribution in [0.1, 0.15) is 16.0 Å². The summed E-state index contributed by atoms with van der Waals surface area (Å²) >= 11 is 3.55. The van der Waals surface area contributed by atoms with Gasteiger partial charge in [0.15, 0.2) is 5.13 Å². The summed E-state index contributed by atoms with van der Waals surface area (Å²) in [7, 11) is 1.92. The average molecular weight is 368 g/mol. The van der Waals surface area contributed by atoms with Crippen molar-refractivity contribution in [3.05, 3.63) is 58.5 Å². The molecule has 25 heavy (non-hydrogen) atoms. The number of aromatic nitrogens is 1. The number of aryl methyl sites for hydroxylation is 2. The zero-order valence-electron chi connectivity index (χ0n) is 14.7. The first kappa shape index (κ1) is 16.5. The van der Waals surface area contributed by atoms with E-state index in [1.165, 1.54) is 32.2 Å². The number of nitrogens with zero attached hydrogens (tertiary/aromatic N) is 2. The van der Waals surface area contributed by atoms with E-state index in [0.29, 0.717) is 0 Å². The Labute approximate surface area is 157 Å². The summed E-state index contributed by atoms with van der Waals surface area (Å²) in [5.74, 6) is 0. The maximum absolute atomic E-state index is 4.71. The summed E-state index contributed by atoms with van der Waals surface area (Å²) in [5, 5.41) is 4.12. The van der Waals surface area contributed by atoms with Crippen LogP contribution in [-0.4, -0.2) is 18.6 Å². The molecule has 0 saturated carbocycles. The molecule has 0 unspecified atom stereocenters. The standard InChI is InChI=1S/C20H21N3S2/c1-13-6-4-5-7-18(13)25-23-11-10-15-12-16(8-9-17(15)23)19-14(2)24-20(21-3)22-19/h4-9,12H,10-11H2,1-3H3,(H,21,22). The Kier molecular flexibility index (Phi) is 4.44. The van der Waals surface area contributed by atoms with Crippen LogP contribution < -0.4 is 9.62 Å². The fourth-order valence-electron chi connectivity index (χ4n) is 3.16. The van der Waals surface area contributed by atoms with Gasteiger partial charge in [0, 0.05) is 28.9 Å². The second kappa shape index (κ2) is 6.73. The molecule has 1 N–H and O–H groups in total. The Bertz CT molecular complexity index is 917. The van der Waals surface area contributed by atoms with Gasteiger partial charge in [-0.05, 0) is 61.5 Å². The monoisotopic (exact) mass is 367 g/mol. The van der Waals surface area contributed by atoms with Crippen molar-refractivity contribution in [2.24, 2.45) is 0 Å². The number of rotatable bonds is 4. The predicted octanol–water partition coefficient (Wildman–Crippen LogP) is 5.54. The molecule has 5 heteroatoms. The minimum Gasteiger partial charge on any atom is -0.365 e. The molecule has 0 saturated heterocycles. The van der Waals surface area contributed by atoms with Gasteiger partial charge < -0.3 is 9.62 Å². The van der Waals surface area contributed by atoms with Crippen molar-refractivity contribution in [1.29, 1.82) is 0 Å².